The quantitative estimate of drug-likeness (QED) is 0.127. The van der Waals surface area contributed by atoms with Crippen molar-refractivity contribution in [3.05, 3.63) is 69.5 Å². The monoisotopic (exact) mass is 530 g/mol. The van der Waals surface area contributed by atoms with Crippen molar-refractivity contribution in [3.63, 3.8) is 0 Å². The molecule has 194 valence electrons. The zero-order valence-electron chi connectivity index (χ0n) is 19.2. The average Bonchev–Trinajstić information content (AvgIpc) is 2.90. The van der Waals surface area contributed by atoms with Crippen LogP contribution in [0.2, 0.25) is 0 Å². The number of ether oxygens (including phenoxy) is 2. The lowest BCUT2D eigenvalue weighted by molar-refractivity contribution is 0.249. The summed E-state index contributed by atoms with van der Waals surface area (Å²) in [6.07, 6.45) is 1.70. The lowest BCUT2D eigenvalue weighted by Gasteiger charge is -2.26. The van der Waals surface area contributed by atoms with Gasteiger partial charge in [0.05, 0.1) is 12.8 Å². The van der Waals surface area contributed by atoms with E-state index in [4.69, 9.17) is 26.2 Å². The summed E-state index contributed by atoms with van der Waals surface area (Å²) in [4.78, 5) is 8.51. The maximum Gasteiger partial charge on any atom is 0.211 e. The number of nitriles is 2. The Hall–Kier alpha value is -5.31. The molecule has 10 nitrogen and oxygen atoms in total. The van der Waals surface area contributed by atoms with Crippen LogP contribution in [0.5, 0.6) is 11.5 Å². The Kier molecular flexibility index (Phi) is 6.77. The van der Waals surface area contributed by atoms with Crippen molar-refractivity contribution in [2.75, 3.05) is 23.9 Å². The molecule has 3 aromatic rings. The van der Waals surface area contributed by atoms with Crippen LogP contribution < -0.4 is 31.6 Å². The van der Waals surface area contributed by atoms with Gasteiger partial charge in [-0.3, -0.25) is 5.32 Å². The van der Waals surface area contributed by atoms with E-state index in [0.29, 0.717) is 5.56 Å². The van der Waals surface area contributed by atoms with Crippen LogP contribution in [0.4, 0.5) is 39.3 Å². The van der Waals surface area contributed by atoms with E-state index in [2.05, 4.69) is 20.6 Å². The molecule has 1 aliphatic heterocycles. The number of pyridine rings is 1. The fraction of sp³-hybridized carbons (Fsp3) is 0.130. The number of anilines is 3. The molecule has 38 heavy (non-hydrogen) atoms. The van der Waals surface area contributed by atoms with Crippen molar-refractivity contribution < 1.29 is 31.4 Å². The zero-order valence-corrected chi connectivity index (χ0v) is 19.2. The summed E-state index contributed by atoms with van der Waals surface area (Å²) >= 11 is 0. The van der Waals surface area contributed by atoms with Crippen LogP contribution in [0.25, 0.3) is 0 Å². The number of halogens is 5. The highest BCUT2D eigenvalue weighted by Gasteiger charge is 2.31. The summed E-state index contributed by atoms with van der Waals surface area (Å²) in [5.41, 5.74) is 12.6. The number of nitrogens with one attached hydrogen (secondary N) is 2. The summed E-state index contributed by atoms with van der Waals surface area (Å²) in [5.74, 6) is -12.3. The maximum atomic E-state index is 14.1. The van der Waals surface area contributed by atoms with Crippen molar-refractivity contribution in [3.8, 4) is 23.8 Å². The number of hydrogen-bond donors (Lipinski definition) is 4. The van der Waals surface area contributed by atoms with E-state index >= 15 is 0 Å². The van der Waals surface area contributed by atoms with E-state index < -0.39 is 47.5 Å². The first kappa shape index (κ1) is 25.8. The van der Waals surface area contributed by atoms with Crippen LogP contribution >= 0.6 is 0 Å². The Balaban J connectivity index is 1.80. The van der Waals surface area contributed by atoms with Gasteiger partial charge in [-0.15, -0.1) is 0 Å². The Bertz CT molecular complexity index is 1550. The van der Waals surface area contributed by atoms with Crippen LogP contribution in [-0.2, 0) is 6.61 Å². The van der Waals surface area contributed by atoms with Crippen molar-refractivity contribution >= 4 is 23.3 Å². The molecule has 0 spiro atoms. The summed E-state index contributed by atoms with van der Waals surface area (Å²) in [7, 11) is 1.29. The van der Waals surface area contributed by atoms with E-state index in [1.54, 1.807) is 6.19 Å². The molecule has 0 fully saturated rings. The minimum Gasteiger partial charge on any atom is -0.496 e. The number of nitrogen functional groups attached to an aromatic ring is 2. The highest BCUT2D eigenvalue weighted by molar-refractivity contribution is 5.98. The highest BCUT2D eigenvalue weighted by atomic mass is 19.2. The van der Waals surface area contributed by atoms with Crippen LogP contribution in [-0.4, -0.2) is 18.1 Å². The molecule has 15 heteroatoms. The number of methoxy groups -OCH3 is 1. The van der Waals surface area contributed by atoms with E-state index in [0.717, 1.165) is 0 Å². The fourth-order valence-electron chi connectivity index (χ4n) is 3.76. The van der Waals surface area contributed by atoms with E-state index in [1.165, 1.54) is 25.3 Å². The van der Waals surface area contributed by atoms with E-state index in [-0.39, 0.29) is 45.7 Å². The molecule has 0 saturated heterocycles. The molecule has 1 aliphatic rings. The van der Waals surface area contributed by atoms with Gasteiger partial charge in [0.1, 0.15) is 41.7 Å². The van der Waals surface area contributed by atoms with Crippen LogP contribution in [0.1, 0.15) is 28.3 Å². The fourth-order valence-corrected chi connectivity index (χ4v) is 3.76. The van der Waals surface area contributed by atoms with Gasteiger partial charge in [0.25, 0.3) is 0 Å². The number of nitrogens with two attached hydrogens (primary N) is 2. The number of hydrogen-bond acceptors (Lipinski definition) is 10. The lowest BCUT2D eigenvalue weighted by atomic mass is 9.94. The number of benzene rings is 2. The second-order valence-corrected chi connectivity index (χ2v) is 7.66. The van der Waals surface area contributed by atoms with Crippen LogP contribution in [0.3, 0.4) is 0 Å². The van der Waals surface area contributed by atoms with Crippen LogP contribution in [0.15, 0.2) is 23.2 Å². The third-order valence-electron chi connectivity index (χ3n) is 5.52. The molecule has 2 heterocycles. The number of fused-ring (bicyclic) bond motifs is 1. The van der Waals surface area contributed by atoms with Crippen molar-refractivity contribution in [1.82, 2.24) is 10.3 Å². The summed E-state index contributed by atoms with van der Waals surface area (Å²) in [6, 6.07) is 5.26. The van der Waals surface area contributed by atoms with Gasteiger partial charge in [-0.2, -0.15) is 19.3 Å². The lowest BCUT2D eigenvalue weighted by Crippen LogP contribution is -2.32. The number of guanidine groups is 1. The molecular formula is C23H15F5N8O2. The molecule has 0 amide bonds. The Labute approximate surface area is 210 Å². The largest absolute Gasteiger partial charge is 0.496 e. The van der Waals surface area contributed by atoms with Gasteiger partial charge >= 0.3 is 0 Å². The Morgan fingerprint density at radius 1 is 1.05 bits per heavy atom. The second-order valence-electron chi connectivity index (χ2n) is 7.66. The van der Waals surface area contributed by atoms with Crippen molar-refractivity contribution in [1.29, 1.82) is 10.5 Å². The molecule has 0 bridgehead atoms. The number of aromatic nitrogens is 1. The van der Waals surface area contributed by atoms with Crippen LogP contribution in [0, 0.1) is 51.9 Å². The Morgan fingerprint density at radius 2 is 1.71 bits per heavy atom. The molecule has 2 aromatic carbocycles. The standard InChI is InChI=1S/C23H15F5N8O2/c1-37-11-3-2-8(4-9(11)6-38-20-16(27)14(25)13(24)15(26)17(20)28)19-12-18(31)10(5-29)21(32)35-22(12)36-23(34-19)33-7-30/h2-4,19H,6H2,1H3,(H6,31,32,33,34,35,36). The molecular weight excluding hydrogens is 515 g/mol. The number of nitrogens with zero attached hydrogens (tertiary/aromatic N) is 4. The average molecular weight is 530 g/mol. The van der Waals surface area contributed by atoms with E-state index in [9.17, 15) is 27.2 Å². The molecule has 1 unspecified atom stereocenters. The van der Waals surface area contributed by atoms with Crippen molar-refractivity contribution in [2.45, 2.75) is 12.6 Å². The second kappa shape index (κ2) is 9.98. The van der Waals surface area contributed by atoms with E-state index in [1.807, 2.05) is 6.07 Å². The van der Waals surface area contributed by atoms with Gasteiger partial charge in [0.15, 0.2) is 11.9 Å². The smallest absolute Gasteiger partial charge is 0.211 e. The predicted octanol–water partition coefficient (Wildman–Crippen LogP) is 3.34. The molecule has 0 aliphatic carbocycles. The third kappa shape index (κ3) is 4.26. The molecule has 0 saturated carbocycles. The zero-order chi connectivity index (χ0) is 27.7. The topological polar surface area (TPSA) is 167 Å². The van der Waals surface area contributed by atoms with Gasteiger partial charge < -0.3 is 26.3 Å². The first-order valence-electron chi connectivity index (χ1n) is 10.4. The molecule has 1 aromatic heterocycles. The van der Waals surface area contributed by atoms with Gasteiger partial charge in [-0.25, -0.2) is 23.1 Å². The summed E-state index contributed by atoms with van der Waals surface area (Å²) in [6.45, 7) is -0.681. The number of aliphatic imine (C=N–C) groups is 1. The highest BCUT2D eigenvalue weighted by Crippen LogP contribution is 2.41. The van der Waals surface area contributed by atoms with Gasteiger partial charge in [0, 0.05) is 11.1 Å². The van der Waals surface area contributed by atoms with Gasteiger partial charge in [-0.05, 0) is 17.7 Å². The molecule has 1 atom stereocenters. The van der Waals surface area contributed by atoms with Crippen molar-refractivity contribution in [2.24, 2.45) is 4.99 Å². The van der Waals surface area contributed by atoms with Gasteiger partial charge in [0.2, 0.25) is 35.0 Å². The minimum absolute atomic E-state index is 0.0315. The molecule has 4 rings (SSSR count). The SMILES string of the molecule is COc1ccc(C2N=C(NC#N)Nc3nc(N)c(C#N)c(N)c32)cc1COc1c(F)c(F)c(F)c(F)c1F. The first-order valence-corrected chi connectivity index (χ1v) is 10.4. The predicted molar refractivity (Wildman–Crippen MR) is 123 cm³/mol. The van der Waals surface area contributed by atoms with Gasteiger partial charge in [-0.1, -0.05) is 6.07 Å². The normalized spacial score (nSPS) is 13.9. The first-order chi connectivity index (χ1) is 18.1. The number of rotatable bonds is 5. The summed E-state index contributed by atoms with van der Waals surface area (Å²) < 4.78 is 78.9. The maximum absolute atomic E-state index is 14.1. The minimum atomic E-state index is -2.32. The third-order valence-corrected chi connectivity index (χ3v) is 5.52. The molecule has 6 N–H and O–H groups in total. The Morgan fingerprint density at radius 3 is 2.32 bits per heavy atom. The summed E-state index contributed by atoms with van der Waals surface area (Å²) in [5, 5.41) is 23.6. The molecule has 0 radical (unpaired) electrons.